The number of amides is 1. The smallest absolute Gasteiger partial charge is 0.292 e. The summed E-state index contributed by atoms with van der Waals surface area (Å²) in [6, 6.07) is 4.18. The van der Waals surface area contributed by atoms with Crippen LogP contribution in [-0.4, -0.2) is 29.8 Å². The van der Waals surface area contributed by atoms with Crippen LogP contribution in [0.25, 0.3) is 10.2 Å². The molecule has 1 aromatic carbocycles. The van der Waals surface area contributed by atoms with Gasteiger partial charge >= 0.3 is 0 Å². The zero-order valence-corrected chi connectivity index (χ0v) is 11.6. The molecule has 0 atom stereocenters. The molecule has 2 heterocycles. The summed E-state index contributed by atoms with van der Waals surface area (Å²) >= 11 is 1.49. The highest BCUT2D eigenvalue weighted by Crippen LogP contribution is 2.29. The summed E-state index contributed by atoms with van der Waals surface area (Å²) in [5, 5.41) is 6.36. The summed E-state index contributed by atoms with van der Waals surface area (Å²) in [5.74, 6) is 0.179. The first-order valence-electron chi connectivity index (χ1n) is 6.11. The van der Waals surface area contributed by atoms with Gasteiger partial charge in [-0.05, 0) is 31.0 Å². The van der Waals surface area contributed by atoms with Gasteiger partial charge < -0.3 is 5.32 Å². The molecule has 1 amide bonds. The fourth-order valence-electron chi connectivity index (χ4n) is 2.13. The van der Waals surface area contributed by atoms with Gasteiger partial charge in [-0.3, -0.25) is 15.1 Å². The molecule has 3 rings (SSSR count). The number of carbonyl (C=O) groups excluding carboxylic acids is 1. The van der Waals surface area contributed by atoms with Crippen molar-refractivity contribution < 1.29 is 4.79 Å². The summed E-state index contributed by atoms with van der Waals surface area (Å²) < 4.78 is 1.09. The summed E-state index contributed by atoms with van der Waals surface area (Å²) in [5.41, 5.74) is 3.28. The number of nitrogens with zero attached hydrogens (tertiary/aromatic N) is 2. The van der Waals surface area contributed by atoms with Crippen LogP contribution in [0.5, 0.6) is 0 Å². The number of benzene rings is 1. The number of fused-ring (bicyclic) bond motifs is 1. The Morgan fingerprint density at radius 2 is 2.26 bits per heavy atom. The lowest BCUT2D eigenvalue weighted by molar-refractivity contribution is -0.110. The second kappa shape index (κ2) is 4.62. The first-order chi connectivity index (χ1) is 9.13. The third kappa shape index (κ3) is 2.31. The van der Waals surface area contributed by atoms with Crippen LogP contribution in [0.3, 0.4) is 0 Å². The minimum absolute atomic E-state index is 0.217. The number of aryl methyl sites for hydroxylation is 2. The molecule has 0 aliphatic carbocycles. The maximum atomic E-state index is 11.9. The molecule has 0 radical (unpaired) electrons. The number of rotatable bonds is 2. The number of nitrogens with one attached hydrogen (secondary N) is 2. The average Bonchev–Trinajstić information content (AvgIpc) is 2.96. The second-order valence-electron chi connectivity index (χ2n) is 4.56. The molecule has 1 aliphatic rings. The van der Waals surface area contributed by atoms with Crippen molar-refractivity contribution in [2.75, 3.05) is 18.4 Å². The third-order valence-corrected chi connectivity index (χ3v) is 3.86. The number of aliphatic imine (C=N–C) groups is 1. The number of anilines is 1. The lowest BCUT2D eigenvalue weighted by atomic mass is 10.1. The van der Waals surface area contributed by atoms with Crippen LogP contribution in [-0.2, 0) is 4.79 Å². The molecular weight excluding hydrogens is 260 g/mol. The van der Waals surface area contributed by atoms with Gasteiger partial charge in [0, 0.05) is 6.54 Å². The molecule has 2 aromatic rings. The second-order valence-corrected chi connectivity index (χ2v) is 5.59. The summed E-state index contributed by atoms with van der Waals surface area (Å²) in [6.45, 7) is 5.46. The SMILES string of the molecule is Cc1cc(C)c2nc(NC(=O)C3=NCCN3)sc2c1. The number of thiazole rings is 1. The largest absolute Gasteiger partial charge is 0.364 e. The van der Waals surface area contributed by atoms with E-state index in [0.29, 0.717) is 17.5 Å². The van der Waals surface area contributed by atoms with Gasteiger partial charge in [0.25, 0.3) is 5.91 Å². The molecule has 19 heavy (non-hydrogen) atoms. The molecule has 0 unspecified atom stereocenters. The summed E-state index contributed by atoms with van der Waals surface area (Å²) in [4.78, 5) is 20.5. The van der Waals surface area contributed by atoms with Gasteiger partial charge in [0.2, 0.25) is 0 Å². The standard InChI is InChI=1S/C13H14N4OS/c1-7-5-8(2)10-9(6-7)19-13(16-10)17-12(18)11-14-3-4-15-11/h5-6H,3-4H2,1-2H3,(H,14,15)(H,16,17,18). The van der Waals surface area contributed by atoms with Crippen molar-refractivity contribution in [2.24, 2.45) is 4.99 Å². The maximum Gasteiger partial charge on any atom is 0.292 e. The fourth-order valence-corrected chi connectivity index (χ4v) is 3.17. The molecule has 0 saturated carbocycles. The lowest BCUT2D eigenvalue weighted by Crippen LogP contribution is -2.32. The highest BCUT2D eigenvalue weighted by Gasteiger charge is 2.16. The first-order valence-corrected chi connectivity index (χ1v) is 6.92. The number of amidine groups is 1. The van der Waals surface area contributed by atoms with E-state index in [9.17, 15) is 4.79 Å². The van der Waals surface area contributed by atoms with E-state index in [4.69, 9.17) is 0 Å². The minimum atomic E-state index is -0.217. The summed E-state index contributed by atoms with van der Waals surface area (Å²) in [7, 11) is 0. The topological polar surface area (TPSA) is 66.4 Å². The Balaban J connectivity index is 1.89. The van der Waals surface area contributed by atoms with E-state index in [1.54, 1.807) is 0 Å². The zero-order valence-electron chi connectivity index (χ0n) is 10.8. The third-order valence-electron chi connectivity index (χ3n) is 2.94. The normalized spacial score (nSPS) is 14.3. The Kier molecular flexibility index (Phi) is 2.94. The van der Waals surface area contributed by atoms with Gasteiger partial charge in [-0.15, -0.1) is 0 Å². The Labute approximate surface area is 114 Å². The molecule has 0 spiro atoms. The minimum Gasteiger partial charge on any atom is -0.364 e. The Hall–Kier alpha value is -1.95. The van der Waals surface area contributed by atoms with E-state index < -0.39 is 0 Å². The molecule has 1 aromatic heterocycles. The molecule has 2 N–H and O–H groups in total. The highest BCUT2D eigenvalue weighted by molar-refractivity contribution is 7.22. The van der Waals surface area contributed by atoms with Gasteiger partial charge in [-0.25, -0.2) is 4.98 Å². The molecule has 5 nitrogen and oxygen atoms in total. The highest BCUT2D eigenvalue weighted by atomic mass is 32.1. The van der Waals surface area contributed by atoms with Gasteiger partial charge in [-0.1, -0.05) is 17.4 Å². The van der Waals surface area contributed by atoms with Crippen LogP contribution < -0.4 is 10.6 Å². The van der Waals surface area contributed by atoms with Crippen LogP contribution >= 0.6 is 11.3 Å². The Morgan fingerprint density at radius 3 is 3.00 bits per heavy atom. The molecular formula is C13H14N4OS. The van der Waals surface area contributed by atoms with Crippen LogP contribution in [0, 0.1) is 13.8 Å². The predicted octanol–water partition coefficient (Wildman–Crippen LogP) is 1.85. The Bertz CT molecular complexity index is 689. The van der Waals surface area contributed by atoms with Crippen molar-refractivity contribution in [3.63, 3.8) is 0 Å². The quantitative estimate of drug-likeness (QED) is 0.878. The van der Waals surface area contributed by atoms with Crippen LogP contribution in [0.4, 0.5) is 5.13 Å². The van der Waals surface area contributed by atoms with E-state index in [1.807, 2.05) is 6.92 Å². The molecule has 1 aliphatic heterocycles. The van der Waals surface area contributed by atoms with Gasteiger partial charge in [0.15, 0.2) is 11.0 Å². The van der Waals surface area contributed by atoms with Crippen LogP contribution in [0.1, 0.15) is 11.1 Å². The molecule has 0 saturated heterocycles. The Morgan fingerprint density at radius 1 is 1.42 bits per heavy atom. The number of aromatic nitrogens is 1. The van der Waals surface area contributed by atoms with E-state index in [2.05, 4.69) is 39.7 Å². The molecule has 6 heteroatoms. The molecule has 0 fully saturated rings. The monoisotopic (exact) mass is 274 g/mol. The van der Waals surface area contributed by atoms with E-state index in [0.717, 1.165) is 22.3 Å². The van der Waals surface area contributed by atoms with E-state index >= 15 is 0 Å². The predicted molar refractivity (Wildman–Crippen MR) is 78.0 cm³/mol. The van der Waals surface area contributed by atoms with Crippen molar-refractivity contribution >= 4 is 38.4 Å². The van der Waals surface area contributed by atoms with Gasteiger partial charge in [-0.2, -0.15) is 0 Å². The summed E-state index contributed by atoms with van der Waals surface area (Å²) in [6.07, 6.45) is 0. The van der Waals surface area contributed by atoms with Crippen molar-refractivity contribution in [1.29, 1.82) is 0 Å². The molecule has 98 valence electrons. The number of hydrogen-bond donors (Lipinski definition) is 2. The van der Waals surface area contributed by atoms with Crippen molar-refractivity contribution in [2.45, 2.75) is 13.8 Å². The lowest BCUT2D eigenvalue weighted by Gasteiger charge is -2.00. The van der Waals surface area contributed by atoms with E-state index in [-0.39, 0.29) is 5.91 Å². The average molecular weight is 274 g/mol. The van der Waals surface area contributed by atoms with Crippen molar-refractivity contribution in [1.82, 2.24) is 10.3 Å². The maximum absolute atomic E-state index is 11.9. The van der Waals surface area contributed by atoms with Crippen LogP contribution in [0.2, 0.25) is 0 Å². The first kappa shape index (κ1) is 12.1. The van der Waals surface area contributed by atoms with Gasteiger partial charge in [0.05, 0.1) is 16.8 Å². The fraction of sp³-hybridized carbons (Fsp3) is 0.308. The van der Waals surface area contributed by atoms with Crippen molar-refractivity contribution in [3.8, 4) is 0 Å². The van der Waals surface area contributed by atoms with Crippen molar-refractivity contribution in [3.05, 3.63) is 23.3 Å². The number of carbonyl (C=O) groups is 1. The molecule has 0 bridgehead atoms. The zero-order chi connectivity index (χ0) is 13.4. The van der Waals surface area contributed by atoms with Gasteiger partial charge in [0.1, 0.15) is 0 Å². The number of hydrogen-bond acceptors (Lipinski definition) is 5. The van der Waals surface area contributed by atoms with E-state index in [1.165, 1.54) is 16.9 Å². The van der Waals surface area contributed by atoms with Crippen LogP contribution in [0.15, 0.2) is 17.1 Å².